The molecule has 0 aliphatic rings. The summed E-state index contributed by atoms with van der Waals surface area (Å²) >= 11 is 4.75. The van der Waals surface area contributed by atoms with Gasteiger partial charge >= 0.3 is 0 Å². The molecule has 7 nitrogen and oxygen atoms in total. The molecule has 3 aromatic rings. The number of hydrazone groups is 1. The Hall–Kier alpha value is -2.65. The van der Waals surface area contributed by atoms with E-state index in [9.17, 15) is 4.79 Å². The molecular weight excluding hydrogens is 452 g/mol. The molecule has 1 amide bonds. The van der Waals surface area contributed by atoms with Crippen LogP contribution >= 0.6 is 27.7 Å². The summed E-state index contributed by atoms with van der Waals surface area (Å²) < 4.78 is 2.92. The lowest BCUT2D eigenvalue weighted by atomic mass is 10.2. The van der Waals surface area contributed by atoms with E-state index in [4.69, 9.17) is 0 Å². The fraction of sp³-hybridized carbons (Fsp3) is 0.200. The van der Waals surface area contributed by atoms with Crippen molar-refractivity contribution in [3.8, 4) is 0 Å². The predicted molar refractivity (Wildman–Crippen MR) is 120 cm³/mol. The second-order valence-corrected chi connectivity index (χ2v) is 8.12. The van der Waals surface area contributed by atoms with Crippen molar-refractivity contribution in [2.45, 2.75) is 18.1 Å². The van der Waals surface area contributed by atoms with E-state index in [1.54, 1.807) is 6.21 Å². The van der Waals surface area contributed by atoms with Crippen LogP contribution in [0.15, 0.2) is 69.3 Å². The molecule has 0 saturated heterocycles. The summed E-state index contributed by atoms with van der Waals surface area (Å²) in [6, 6.07) is 17.5. The van der Waals surface area contributed by atoms with E-state index in [2.05, 4.69) is 42.0 Å². The zero-order valence-electron chi connectivity index (χ0n) is 16.0. The number of anilines is 1. The lowest BCUT2D eigenvalue weighted by molar-refractivity contribution is -0.118. The topological polar surface area (TPSA) is 84.2 Å². The second-order valence-electron chi connectivity index (χ2n) is 6.27. The number of thioether (sulfide) groups is 1. The minimum atomic E-state index is -0.201. The standard InChI is InChI=1S/C20H21BrN6OS/c1-14(23-17-10-8-16(21)9-11-17)19-25-26-20(27(19)2)29-13-18(28)24-22-12-15-6-4-3-5-7-15/h3-12,14,23H,13H2,1-2H3,(H,24,28). The molecule has 1 aromatic heterocycles. The molecule has 2 N–H and O–H groups in total. The Morgan fingerprint density at radius 2 is 1.93 bits per heavy atom. The third kappa shape index (κ3) is 6.16. The first-order valence-electron chi connectivity index (χ1n) is 8.94. The lowest BCUT2D eigenvalue weighted by Crippen LogP contribution is -2.20. The van der Waals surface area contributed by atoms with Crippen LogP contribution < -0.4 is 10.7 Å². The van der Waals surface area contributed by atoms with Crippen LogP contribution in [-0.2, 0) is 11.8 Å². The molecule has 0 fully saturated rings. The number of halogens is 1. The maximum Gasteiger partial charge on any atom is 0.250 e. The SMILES string of the molecule is CC(Nc1ccc(Br)cc1)c1nnc(SCC(=O)NN=Cc2ccccc2)n1C. The summed E-state index contributed by atoms with van der Waals surface area (Å²) in [7, 11) is 1.89. The Morgan fingerprint density at radius 1 is 1.21 bits per heavy atom. The van der Waals surface area contributed by atoms with Gasteiger partial charge in [-0.25, -0.2) is 5.43 Å². The van der Waals surface area contributed by atoms with Crippen molar-refractivity contribution >= 4 is 45.5 Å². The molecule has 0 radical (unpaired) electrons. The van der Waals surface area contributed by atoms with Crippen LogP contribution in [0.25, 0.3) is 0 Å². The quantitative estimate of drug-likeness (QED) is 0.294. The number of hydrogen-bond acceptors (Lipinski definition) is 6. The fourth-order valence-electron chi connectivity index (χ4n) is 2.57. The molecule has 2 aromatic carbocycles. The Morgan fingerprint density at radius 3 is 2.66 bits per heavy atom. The summed E-state index contributed by atoms with van der Waals surface area (Å²) in [5, 5.41) is 16.5. The predicted octanol–water partition coefficient (Wildman–Crippen LogP) is 3.99. The number of hydrogen-bond donors (Lipinski definition) is 2. The van der Waals surface area contributed by atoms with Crippen molar-refractivity contribution in [1.82, 2.24) is 20.2 Å². The molecular formula is C20H21BrN6OS. The van der Waals surface area contributed by atoms with E-state index in [1.165, 1.54) is 11.8 Å². The van der Waals surface area contributed by atoms with E-state index < -0.39 is 0 Å². The summed E-state index contributed by atoms with van der Waals surface area (Å²) in [4.78, 5) is 12.0. The van der Waals surface area contributed by atoms with Crippen molar-refractivity contribution in [3.63, 3.8) is 0 Å². The Labute approximate surface area is 182 Å². The van der Waals surface area contributed by atoms with Crippen LogP contribution in [0.5, 0.6) is 0 Å². The van der Waals surface area contributed by atoms with Gasteiger partial charge in [0.05, 0.1) is 18.0 Å². The highest BCUT2D eigenvalue weighted by Gasteiger charge is 2.16. The number of amides is 1. The van der Waals surface area contributed by atoms with Gasteiger partial charge in [-0.15, -0.1) is 10.2 Å². The lowest BCUT2D eigenvalue weighted by Gasteiger charge is -2.14. The monoisotopic (exact) mass is 472 g/mol. The van der Waals surface area contributed by atoms with Crippen molar-refractivity contribution in [1.29, 1.82) is 0 Å². The van der Waals surface area contributed by atoms with E-state index in [0.29, 0.717) is 5.16 Å². The molecule has 3 rings (SSSR count). The van der Waals surface area contributed by atoms with Crippen LogP contribution in [-0.4, -0.2) is 32.6 Å². The van der Waals surface area contributed by atoms with Gasteiger partial charge in [0.1, 0.15) is 0 Å². The molecule has 0 aliphatic heterocycles. The number of nitrogens with one attached hydrogen (secondary N) is 2. The first-order chi connectivity index (χ1) is 14.0. The highest BCUT2D eigenvalue weighted by molar-refractivity contribution is 9.10. The van der Waals surface area contributed by atoms with E-state index >= 15 is 0 Å². The third-order valence-electron chi connectivity index (χ3n) is 4.02. The smallest absolute Gasteiger partial charge is 0.250 e. The third-order valence-corrected chi connectivity index (χ3v) is 5.57. The van der Waals surface area contributed by atoms with Crippen molar-refractivity contribution in [2.75, 3.05) is 11.1 Å². The Balaban J connectivity index is 1.51. The number of nitrogens with zero attached hydrogens (tertiary/aromatic N) is 4. The molecule has 150 valence electrons. The maximum atomic E-state index is 12.0. The number of carbonyl (C=O) groups excluding carboxylic acids is 1. The number of rotatable bonds is 8. The van der Waals surface area contributed by atoms with E-state index in [1.807, 2.05) is 73.1 Å². The zero-order valence-corrected chi connectivity index (χ0v) is 18.4. The van der Waals surface area contributed by atoms with Gasteiger partial charge < -0.3 is 9.88 Å². The van der Waals surface area contributed by atoms with Gasteiger partial charge in [-0.1, -0.05) is 58.0 Å². The van der Waals surface area contributed by atoms with Gasteiger partial charge in [-0.05, 0) is 36.8 Å². The maximum absolute atomic E-state index is 12.0. The largest absolute Gasteiger partial charge is 0.375 e. The molecule has 1 unspecified atom stereocenters. The Bertz CT molecular complexity index is 974. The molecule has 29 heavy (non-hydrogen) atoms. The van der Waals surface area contributed by atoms with Gasteiger partial charge in [0.15, 0.2) is 11.0 Å². The van der Waals surface area contributed by atoms with Crippen LogP contribution in [0.2, 0.25) is 0 Å². The van der Waals surface area contributed by atoms with Gasteiger partial charge in [0, 0.05) is 17.2 Å². The first-order valence-corrected chi connectivity index (χ1v) is 10.7. The van der Waals surface area contributed by atoms with Crippen molar-refractivity contribution < 1.29 is 4.79 Å². The molecule has 0 bridgehead atoms. The van der Waals surface area contributed by atoms with Crippen LogP contribution in [0.1, 0.15) is 24.4 Å². The van der Waals surface area contributed by atoms with Crippen molar-refractivity contribution in [2.24, 2.45) is 12.1 Å². The number of aromatic nitrogens is 3. The highest BCUT2D eigenvalue weighted by atomic mass is 79.9. The fourth-order valence-corrected chi connectivity index (χ4v) is 3.54. The van der Waals surface area contributed by atoms with Gasteiger partial charge in [-0.3, -0.25) is 4.79 Å². The van der Waals surface area contributed by atoms with Crippen LogP contribution in [0.3, 0.4) is 0 Å². The van der Waals surface area contributed by atoms with Gasteiger partial charge in [0.25, 0.3) is 5.91 Å². The average molecular weight is 473 g/mol. The highest BCUT2D eigenvalue weighted by Crippen LogP contribution is 2.23. The van der Waals surface area contributed by atoms with E-state index in [0.717, 1.165) is 21.5 Å². The van der Waals surface area contributed by atoms with E-state index in [-0.39, 0.29) is 17.7 Å². The number of carbonyl (C=O) groups is 1. The second kappa shape index (κ2) is 10.2. The Kier molecular flexibility index (Phi) is 7.42. The molecule has 0 aliphatic carbocycles. The molecule has 1 atom stereocenters. The minimum absolute atomic E-state index is 0.0349. The zero-order chi connectivity index (χ0) is 20.6. The minimum Gasteiger partial charge on any atom is -0.375 e. The summed E-state index contributed by atoms with van der Waals surface area (Å²) in [5.41, 5.74) is 4.44. The first kappa shape index (κ1) is 21.1. The summed E-state index contributed by atoms with van der Waals surface area (Å²) in [5.74, 6) is 0.790. The molecule has 0 spiro atoms. The molecule has 1 heterocycles. The van der Waals surface area contributed by atoms with Crippen LogP contribution in [0.4, 0.5) is 5.69 Å². The average Bonchev–Trinajstić information content (AvgIpc) is 3.09. The molecule has 9 heteroatoms. The normalized spacial score (nSPS) is 12.1. The number of benzene rings is 2. The van der Waals surface area contributed by atoms with Crippen LogP contribution in [0, 0.1) is 0 Å². The van der Waals surface area contributed by atoms with Gasteiger partial charge in [0.2, 0.25) is 0 Å². The summed E-state index contributed by atoms with van der Waals surface area (Å²) in [6.45, 7) is 2.02. The van der Waals surface area contributed by atoms with Crippen molar-refractivity contribution in [3.05, 3.63) is 70.5 Å². The van der Waals surface area contributed by atoms with Gasteiger partial charge in [-0.2, -0.15) is 5.10 Å². The summed E-state index contributed by atoms with van der Waals surface area (Å²) in [6.07, 6.45) is 1.61. The molecule has 0 saturated carbocycles.